The van der Waals surface area contributed by atoms with Crippen LogP contribution in [0, 0.1) is 11.7 Å². The van der Waals surface area contributed by atoms with E-state index in [1.165, 1.54) is 18.9 Å². The van der Waals surface area contributed by atoms with E-state index < -0.39 is 0 Å². The molecule has 0 aromatic heterocycles. The number of amides is 1. The molecule has 0 bridgehead atoms. The van der Waals surface area contributed by atoms with Gasteiger partial charge in [0, 0.05) is 55.8 Å². The molecule has 0 spiro atoms. The molecule has 1 saturated heterocycles. The molecule has 1 atom stereocenters. The molecular formula is C19H27BrFN3O. The molecule has 1 aliphatic carbocycles. The minimum absolute atomic E-state index is 0.164. The number of benzene rings is 1. The van der Waals surface area contributed by atoms with E-state index >= 15 is 0 Å². The summed E-state index contributed by atoms with van der Waals surface area (Å²) in [5.41, 5.74) is 0.728. The van der Waals surface area contributed by atoms with Crippen molar-refractivity contribution in [2.45, 2.75) is 32.4 Å². The van der Waals surface area contributed by atoms with Gasteiger partial charge in [0.1, 0.15) is 5.82 Å². The summed E-state index contributed by atoms with van der Waals surface area (Å²) in [7, 11) is 1.93. The first-order valence-corrected chi connectivity index (χ1v) is 9.87. The molecule has 4 nitrogen and oxygen atoms in total. The van der Waals surface area contributed by atoms with Gasteiger partial charge >= 0.3 is 0 Å². The number of halogens is 2. The lowest BCUT2D eigenvalue weighted by molar-refractivity contribution is -0.133. The van der Waals surface area contributed by atoms with Gasteiger partial charge < -0.3 is 4.90 Å². The number of nitrogens with zero attached hydrogens (tertiary/aromatic N) is 3. The van der Waals surface area contributed by atoms with Crippen molar-refractivity contribution in [1.82, 2.24) is 14.7 Å². The highest BCUT2D eigenvalue weighted by atomic mass is 79.9. The molecule has 1 heterocycles. The molecule has 0 N–H and O–H groups in total. The molecule has 1 aromatic carbocycles. The lowest BCUT2D eigenvalue weighted by atomic mass is 10.1. The Labute approximate surface area is 158 Å². The van der Waals surface area contributed by atoms with Crippen LogP contribution in [0.2, 0.25) is 0 Å². The van der Waals surface area contributed by atoms with Gasteiger partial charge in [0.25, 0.3) is 0 Å². The molecule has 0 unspecified atom stereocenters. The Morgan fingerprint density at radius 2 is 1.92 bits per heavy atom. The third-order valence-electron chi connectivity index (χ3n) is 5.54. The summed E-state index contributed by atoms with van der Waals surface area (Å²) in [5, 5.41) is 0. The topological polar surface area (TPSA) is 26.8 Å². The van der Waals surface area contributed by atoms with E-state index in [9.17, 15) is 9.18 Å². The first-order chi connectivity index (χ1) is 11.9. The normalized spacial score (nSPS) is 20.5. The Morgan fingerprint density at radius 1 is 1.28 bits per heavy atom. The van der Waals surface area contributed by atoms with Crippen molar-refractivity contribution in [2.24, 2.45) is 5.92 Å². The molecule has 2 fully saturated rings. The summed E-state index contributed by atoms with van der Waals surface area (Å²) >= 11 is 3.29. The zero-order valence-electron chi connectivity index (χ0n) is 15.0. The third-order valence-corrected chi connectivity index (χ3v) is 6.03. The summed E-state index contributed by atoms with van der Waals surface area (Å²) in [6.07, 6.45) is 2.51. The summed E-state index contributed by atoms with van der Waals surface area (Å²) in [6.45, 7) is 6.72. The van der Waals surface area contributed by atoms with E-state index in [0.29, 0.717) is 25.0 Å². The highest BCUT2D eigenvalue weighted by molar-refractivity contribution is 9.10. The number of hydrogen-bond acceptors (Lipinski definition) is 3. The van der Waals surface area contributed by atoms with Crippen molar-refractivity contribution in [2.75, 3.05) is 39.8 Å². The van der Waals surface area contributed by atoms with Gasteiger partial charge in [0.15, 0.2) is 0 Å². The monoisotopic (exact) mass is 411 g/mol. The smallest absolute Gasteiger partial charge is 0.236 e. The maximum Gasteiger partial charge on any atom is 0.236 e. The Bertz CT molecular complexity index is 615. The van der Waals surface area contributed by atoms with E-state index in [1.54, 1.807) is 0 Å². The average molecular weight is 412 g/mol. The van der Waals surface area contributed by atoms with Crippen molar-refractivity contribution >= 4 is 21.8 Å². The number of rotatable bonds is 6. The molecule has 3 rings (SSSR count). The zero-order valence-corrected chi connectivity index (χ0v) is 16.6. The van der Waals surface area contributed by atoms with Crippen LogP contribution in [0.1, 0.15) is 25.3 Å². The molecule has 25 heavy (non-hydrogen) atoms. The van der Waals surface area contributed by atoms with Gasteiger partial charge in [0.2, 0.25) is 5.91 Å². The van der Waals surface area contributed by atoms with E-state index in [2.05, 4.69) is 32.7 Å². The van der Waals surface area contributed by atoms with Gasteiger partial charge in [-0.15, -0.1) is 0 Å². The predicted molar refractivity (Wildman–Crippen MR) is 101 cm³/mol. The second-order valence-electron chi connectivity index (χ2n) is 7.37. The fourth-order valence-electron chi connectivity index (χ4n) is 3.42. The minimum Gasteiger partial charge on any atom is -0.342 e. The quantitative estimate of drug-likeness (QED) is 0.719. The van der Waals surface area contributed by atoms with Gasteiger partial charge in [-0.05, 0) is 37.8 Å². The van der Waals surface area contributed by atoms with Crippen LogP contribution in [0.4, 0.5) is 4.39 Å². The number of hydrogen-bond donors (Lipinski definition) is 0. The molecule has 2 aliphatic rings. The zero-order chi connectivity index (χ0) is 18.0. The Hall–Kier alpha value is -0.980. The summed E-state index contributed by atoms with van der Waals surface area (Å²) in [5.74, 6) is 0.751. The van der Waals surface area contributed by atoms with Crippen LogP contribution in [-0.2, 0) is 11.3 Å². The molecule has 138 valence electrons. The maximum absolute atomic E-state index is 14.0. The SMILES string of the molecule is C[C@H](C1CC1)N(C)C(=O)CN1CCN(Cc2ccc(Br)cc2F)CC1. The molecular weight excluding hydrogens is 385 g/mol. The standard InChI is InChI=1S/C19H27BrFN3O/c1-14(15-3-4-15)22(2)19(25)13-24-9-7-23(8-10-24)12-16-5-6-17(20)11-18(16)21/h5-6,11,14-15H,3-4,7-10,12-13H2,1-2H3/t14-/m1/s1. The van der Waals surface area contributed by atoms with Crippen LogP contribution in [0.15, 0.2) is 22.7 Å². The van der Waals surface area contributed by atoms with Crippen LogP contribution in [0.25, 0.3) is 0 Å². The number of likely N-dealkylation sites (N-methyl/N-ethyl adjacent to an activating group) is 1. The molecule has 1 amide bonds. The predicted octanol–water partition coefficient (Wildman–Crippen LogP) is 2.96. The first-order valence-electron chi connectivity index (χ1n) is 9.08. The van der Waals surface area contributed by atoms with E-state index in [1.807, 2.05) is 24.1 Å². The van der Waals surface area contributed by atoms with Crippen LogP contribution in [-0.4, -0.2) is 66.4 Å². The first kappa shape index (κ1) is 18.8. The fourth-order valence-corrected chi connectivity index (χ4v) is 3.75. The molecule has 1 saturated carbocycles. The highest BCUT2D eigenvalue weighted by Gasteiger charge is 2.33. The van der Waals surface area contributed by atoms with Crippen LogP contribution >= 0.6 is 15.9 Å². The van der Waals surface area contributed by atoms with E-state index in [0.717, 1.165) is 36.2 Å². The molecule has 0 radical (unpaired) electrons. The minimum atomic E-state index is -0.164. The second kappa shape index (κ2) is 8.14. The molecule has 6 heteroatoms. The van der Waals surface area contributed by atoms with E-state index in [-0.39, 0.29) is 11.7 Å². The second-order valence-corrected chi connectivity index (χ2v) is 8.29. The highest BCUT2D eigenvalue weighted by Crippen LogP contribution is 2.34. The summed E-state index contributed by atoms with van der Waals surface area (Å²) in [6, 6.07) is 5.59. The van der Waals surface area contributed by atoms with Crippen LogP contribution in [0.5, 0.6) is 0 Å². The van der Waals surface area contributed by atoms with Gasteiger partial charge in [0.05, 0.1) is 6.54 Å². The fraction of sp³-hybridized carbons (Fsp3) is 0.632. The average Bonchev–Trinajstić information content (AvgIpc) is 3.42. The lowest BCUT2D eigenvalue weighted by Gasteiger charge is -2.35. The van der Waals surface area contributed by atoms with E-state index in [4.69, 9.17) is 0 Å². The van der Waals surface area contributed by atoms with Crippen LogP contribution in [0.3, 0.4) is 0 Å². The van der Waals surface area contributed by atoms with Crippen molar-refractivity contribution in [3.63, 3.8) is 0 Å². The van der Waals surface area contributed by atoms with Gasteiger partial charge in [-0.2, -0.15) is 0 Å². The van der Waals surface area contributed by atoms with Crippen LogP contribution < -0.4 is 0 Å². The Balaban J connectivity index is 1.44. The largest absolute Gasteiger partial charge is 0.342 e. The van der Waals surface area contributed by atoms with Gasteiger partial charge in [-0.3, -0.25) is 14.6 Å². The summed E-state index contributed by atoms with van der Waals surface area (Å²) < 4.78 is 14.7. The molecule has 1 aliphatic heterocycles. The Morgan fingerprint density at radius 3 is 2.52 bits per heavy atom. The third kappa shape index (κ3) is 5.02. The lowest BCUT2D eigenvalue weighted by Crippen LogP contribution is -2.50. The maximum atomic E-state index is 14.0. The van der Waals surface area contributed by atoms with Crippen molar-refractivity contribution in [1.29, 1.82) is 0 Å². The van der Waals surface area contributed by atoms with Gasteiger partial charge in [-0.25, -0.2) is 4.39 Å². The van der Waals surface area contributed by atoms with Crippen molar-refractivity contribution < 1.29 is 9.18 Å². The number of carbonyl (C=O) groups is 1. The van der Waals surface area contributed by atoms with Crippen molar-refractivity contribution in [3.05, 3.63) is 34.1 Å². The summed E-state index contributed by atoms with van der Waals surface area (Å²) in [4.78, 5) is 18.8. The van der Waals surface area contributed by atoms with Gasteiger partial charge in [-0.1, -0.05) is 22.0 Å². The number of piperazine rings is 1. The Kier molecular flexibility index (Phi) is 6.12. The number of carbonyl (C=O) groups excluding carboxylic acids is 1. The molecule has 1 aromatic rings. The van der Waals surface area contributed by atoms with Crippen molar-refractivity contribution in [3.8, 4) is 0 Å².